The van der Waals surface area contributed by atoms with Gasteiger partial charge in [-0.1, -0.05) is 18.2 Å². The summed E-state index contributed by atoms with van der Waals surface area (Å²) in [6.45, 7) is 2.99. The Morgan fingerprint density at radius 2 is 1.96 bits per heavy atom. The van der Waals surface area contributed by atoms with Gasteiger partial charge in [0.05, 0.1) is 18.8 Å². The standard InChI is InChI=1S/C22H28N2O2/c1-25-20-7-2-5-17(16-20)15-18-6-3-8-21(23-18)22-9-4-12-24(22)19-10-13-26-14-11-19/h2-3,5-8,16,19,22H,4,9-15H2,1H3/t22-/m0/s1. The predicted octanol–water partition coefficient (Wildman–Crippen LogP) is 4.00. The summed E-state index contributed by atoms with van der Waals surface area (Å²) in [7, 11) is 1.71. The summed E-state index contributed by atoms with van der Waals surface area (Å²) in [5.41, 5.74) is 3.60. The molecule has 0 spiro atoms. The van der Waals surface area contributed by atoms with Crippen LogP contribution in [-0.2, 0) is 11.2 Å². The fourth-order valence-corrected chi connectivity index (χ4v) is 4.33. The molecule has 2 fully saturated rings. The summed E-state index contributed by atoms with van der Waals surface area (Å²) in [4.78, 5) is 7.72. The monoisotopic (exact) mass is 352 g/mol. The summed E-state index contributed by atoms with van der Waals surface area (Å²) >= 11 is 0. The first-order chi connectivity index (χ1) is 12.8. The Morgan fingerprint density at radius 3 is 2.81 bits per heavy atom. The Balaban J connectivity index is 1.51. The van der Waals surface area contributed by atoms with E-state index in [9.17, 15) is 0 Å². The number of benzene rings is 1. The van der Waals surface area contributed by atoms with E-state index in [2.05, 4.69) is 35.2 Å². The van der Waals surface area contributed by atoms with E-state index < -0.39 is 0 Å². The zero-order chi connectivity index (χ0) is 17.8. The van der Waals surface area contributed by atoms with Crippen molar-refractivity contribution in [3.63, 3.8) is 0 Å². The molecule has 0 unspecified atom stereocenters. The number of hydrogen-bond acceptors (Lipinski definition) is 4. The van der Waals surface area contributed by atoms with E-state index in [-0.39, 0.29) is 0 Å². The van der Waals surface area contributed by atoms with Crippen LogP contribution in [0.25, 0.3) is 0 Å². The van der Waals surface area contributed by atoms with E-state index in [0.29, 0.717) is 12.1 Å². The van der Waals surface area contributed by atoms with Gasteiger partial charge in [0, 0.05) is 31.4 Å². The van der Waals surface area contributed by atoms with Crippen LogP contribution in [0.4, 0.5) is 0 Å². The SMILES string of the molecule is COc1cccc(Cc2cccc([C@@H]3CCCN3C3CCOCC3)n2)c1. The number of rotatable bonds is 5. The van der Waals surface area contributed by atoms with E-state index in [4.69, 9.17) is 14.5 Å². The van der Waals surface area contributed by atoms with Crippen molar-refractivity contribution < 1.29 is 9.47 Å². The van der Waals surface area contributed by atoms with Gasteiger partial charge in [0.2, 0.25) is 0 Å². The molecule has 1 atom stereocenters. The van der Waals surface area contributed by atoms with Gasteiger partial charge in [-0.15, -0.1) is 0 Å². The van der Waals surface area contributed by atoms with Crippen LogP contribution in [0.5, 0.6) is 5.75 Å². The highest BCUT2D eigenvalue weighted by Crippen LogP contribution is 2.35. The zero-order valence-electron chi connectivity index (χ0n) is 15.6. The van der Waals surface area contributed by atoms with Gasteiger partial charge in [0.15, 0.2) is 0 Å². The lowest BCUT2D eigenvalue weighted by molar-refractivity contribution is 0.0285. The van der Waals surface area contributed by atoms with E-state index in [0.717, 1.165) is 43.9 Å². The third kappa shape index (κ3) is 3.92. The molecule has 0 N–H and O–H groups in total. The molecular weight excluding hydrogens is 324 g/mol. The molecule has 2 aliphatic heterocycles. The Morgan fingerprint density at radius 1 is 1.12 bits per heavy atom. The highest BCUT2D eigenvalue weighted by Gasteiger charge is 2.33. The molecule has 0 bridgehead atoms. The van der Waals surface area contributed by atoms with Gasteiger partial charge in [-0.3, -0.25) is 9.88 Å². The van der Waals surface area contributed by atoms with Gasteiger partial charge >= 0.3 is 0 Å². The summed E-state index contributed by atoms with van der Waals surface area (Å²) in [5, 5.41) is 0. The lowest BCUT2D eigenvalue weighted by atomic mass is 10.0. The Labute approximate surface area is 156 Å². The predicted molar refractivity (Wildman–Crippen MR) is 103 cm³/mol. The number of likely N-dealkylation sites (tertiary alicyclic amines) is 1. The molecule has 2 saturated heterocycles. The van der Waals surface area contributed by atoms with Crippen molar-refractivity contribution in [1.29, 1.82) is 0 Å². The first kappa shape index (κ1) is 17.5. The normalized spacial score (nSPS) is 21.8. The van der Waals surface area contributed by atoms with Crippen LogP contribution in [0.15, 0.2) is 42.5 Å². The van der Waals surface area contributed by atoms with Gasteiger partial charge in [-0.25, -0.2) is 0 Å². The molecule has 138 valence electrons. The van der Waals surface area contributed by atoms with Crippen molar-refractivity contribution in [2.45, 2.75) is 44.2 Å². The number of hydrogen-bond donors (Lipinski definition) is 0. The largest absolute Gasteiger partial charge is 0.497 e. The molecule has 3 heterocycles. The van der Waals surface area contributed by atoms with Crippen LogP contribution < -0.4 is 4.74 Å². The molecule has 0 radical (unpaired) electrons. The van der Waals surface area contributed by atoms with Crippen LogP contribution in [0.3, 0.4) is 0 Å². The van der Waals surface area contributed by atoms with Crippen LogP contribution in [0.2, 0.25) is 0 Å². The van der Waals surface area contributed by atoms with Crippen LogP contribution in [0, 0.1) is 0 Å². The van der Waals surface area contributed by atoms with Crippen LogP contribution >= 0.6 is 0 Å². The second-order valence-corrected chi connectivity index (χ2v) is 7.32. The third-order valence-electron chi connectivity index (χ3n) is 5.64. The quantitative estimate of drug-likeness (QED) is 0.815. The molecule has 4 rings (SSSR count). The summed E-state index contributed by atoms with van der Waals surface area (Å²) in [6.07, 6.45) is 5.63. The second-order valence-electron chi connectivity index (χ2n) is 7.32. The molecule has 1 aromatic heterocycles. The number of aromatic nitrogens is 1. The first-order valence-corrected chi connectivity index (χ1v) is 9.76. The molecule has 2 aromatic rings. The van der Waals surface area contributed by atoms with Gasteiger partial charge in [-0.2, -0.15) is 0 Å². The molecule has 0 saturated carbocycles. The molecule has 4 nitrogen and oxygen atoms in total. The van der Waals surface area contributed by atoms with Crippen molar-refractivity contribution in [2.24, 2.45) is 0 Å². The minimum absolute atomic E-state index is 0.461. The molecule has 4 heteroatoms. The maximum atomic E-state index is 5.55. The van der Waals surface area contributed by atoms with E-state index >= 15 is 0 Å². The summed E-state index contributed by atoms with van der Waals surface area (Å²) in [5.74, 6) is 0.903. The fraction of sp³-hybridized carbons (Fsp3) is 0.500. The molecule has 0 amide bonds. The lowest BCUT2D eigenvalue weighted by Crippen LogP contribution is -2.39. The Hall–Kier alpha value is -1.91. The van der Waals surface area contributed by atoms with Crippen molar-refractivity contribution in [3.8, 4) is 5.75 Å². The van der Waals surface area contributed by atoms with Crippen molar-refractivity contribution >= 4 is 0 Å². The van der Waals surface area contributed by atoms with E-state index in [1.807, 2.05) is 12.1 Å². The fourth-order valence-electron chi connectivity index (χ4n) is 4.33. The van der Waals surface area contributed by atoms with E-state index in [1.54, 1.807) is 7.11 Å². The Bertz CT molecular complexity index is 728. The van der Waals surface area contributed by atoms with Gasteiger partial charge in [-0.05, 0) is 62.1 Å². The molecule has 2 aliphatic rings. The zero-order valence-corrected chi connectivity index (χ0v) is 15.6. The number of ether oxygens (including phenoxy) is 2. The lowest BCUT2D eigenvalue weighted by Gasteiger charge is -2.35. The highest BCUT2D eigenvalue weighted by atomic mass is 16.5. The number of nitrogens with zero attached hydrogens (tertiary/aromatic N) is 2. The van der Waals surface area contributed by atoms with Crippen LogP contribution in [0.1, 0.15) is 48.7 Å². The van der Waals surface area contributed by atoms with Crippen LogP contribution in [-0.4, -0.2) is 42.8 Å². The average Bonchev–Trinajstić information content (AvgIpc) is 3.19. The van der Waals surface area contributed by atoms with Gasteiger partial charge < -0.3 is 9.47 Å². The first-order valence-electron chi connectivity index (χ1n) is 9.76. The number of methoxy groups -OCH3 is 1. The molecule has 0 aliphatic carbocycles. The second kappa shape index (κ2) is 8.19. The van der Waals surface area contributed by atoms with Crippen molar-refractivity contribution in [1.82, 2.24) is 9.88 Å². The minimum atomic E-state index is 0.461. The van der Waals surface area contributed by atoms with E-state index in [1.165, 1.54) is 30.6 Å². The molecule has 26 heavy (non-hydrogen) atoms. The third-order valence-corrected chi connectivity index (χ3v) is 5.64. The molecular formula is C22H28N2O2. The minimum Gasteiger partial charge on any atom is -0.497 e. The Kier molecular flexibility index (Phi) is 5.51. The maximum Gasteiger partial charge on any atom is 0.119 e. The number of pyridine rings is 1. The smallest absolute Gasteiger partial charge is 0.119 e. The van der Waals surface area contributed by atoms with Crippen molar-refractivity contribution in [2.75, 3.05) is 26.9 Å². The summed E-state index contributed by atoms with van der Waals surface area (Å²) in [6, 6.07) is 15.9. The van der Waals surface area contributed by atoms with Crippen molar-refractivity contribution in [3.05, 3.63) is 59.4 Å². The molecule has 1 aromatic carbocycles. The summed E-state index contributed by atoms with van der Waals surface area (Å²) < 4.78 is 10.9. The average molecular weight is 352 g/mol. The maximum absolute atomic E-state index is 5.55. The topological polar surface area (TPSA) is 34.6 Å². The van der Waals surface area contributed by atoms with Gasteiger partial charge in [0.25, 0.3) is 0 Å². The highest BCUT2D eigenvalue weighted by molar-refractivity contribution is 5.31. The van der Waals surface area contributed by atoms with Gasteiger partial charge in [0.1, 0.15) is 5.75 Å².